The van der Waals surface area contributed by atoms with Crippen LogP contribution in [0.15, 0.2) is 69.8 Å². The molecule has 0 aromatic heterocycles. The van der Waals surface area contributed by atoms with Crippen LogP contribution in [0.3, 0.4) is 0 Å². The molecule has 10 heteroatoms. The molecule has 1 saturated heterocycles. The molecule has 0 aliphatic carbocycles. The van der Waals surface area contributed by atoms with Crippen molar-refractivity contribution in [3.8, 4) is 0 Å². The van der Waals surface area contributed by atoms with Gasteiger partial charge in [0.2, 0.25) is 10.0 Å². The van der Waals surface area contributed by atoms with Gasteiger partial charge in [-0.2, -0.15) is 0 Å². The minimum absolute atomic E-state index is 0.210. The largest absolute Gasteiger partial charge is 0.347 e. The predicted octanol–water partition coefficient (Wildman–Crippen LogP) is 3.22. The van der Waals surface area contributed by atoms with Crippen LogP contribution >= 0.6 is 0 Å². The van der Waals surface area contributed by atoms with Crippen LogP contribution in [-0.2, 0) is 16.6 Å². The van der Waals surface area contributed by atoms with Gasteiger partial charge in [-0.15, -0.1) is 0 Å². The van der Waals surface area contributed by atoms with Crippen LogP contribution in [0.25, 0.3) is 0 Å². The molecule has 2 aromatic carbocycles. The molecule has 2 aliphatic rings. The topological polar surface area (TPSA) is 101 Å². The zero-order chi connectivity index (χ0) is 26.6. The Bertz CT molecular complexity index is 1240. The monoisotopic (exact) mass is 525 g/mol. The summed E-state index contributed by atoms with van der Waals surface area (Å²) in [5.41, 5.74) is 3.29. The fourth-order valence-electron chi connectivity index (χ4n) is 4.22. The van der Waals surface area contributed by atoms with Gasteiger partial charge in [-0.1, -0.05) is 18.2 Å². The summed E-state index contributed by atoms with van der Waals surface area (Å²) in [6, 6.07) is 15.3. The van der Waals surface area contributed by atoms with E-state index >= 15 is 0 Å². The van der Waals surface area contributed by atoms with E-state index in [1.165, 1.54) is 5.56 Å². The molecule has 0 spiro atoms. The highest BCUT2D eigenvalue weighted by atomic mass is 32.2. The Labute approximate surface area is 221 Å². The van der Waals surface area contributed by atoms with Gasteiger partial charge in [0.1, 0.15) is 5.82 Å². The van der Waals surface area contributed by atoms with Gasteiger partial charge >= 0.3 is 0 Å². The third-order valence-electron chi connectivity index (χ3n) is 6.21. The number of sulfonamides is 1. The Morgan fingerprint density at radius 3 is 2.41 bits per heavy atom. The molecule has 4 rings (SSSR count). The third-order valence-corrected chi connectivity index (χ3v) is 7.96. The van der Waals surface area contributed by atoms with E-state index in [0.717, 1.165) is 49.8 Å². The molecule has 2 aromatic rings. The standard InChI is InChI=1S/C27H39N7O2S/c1-20-18-28-26(30-22-11-9-21(10-12-22)19-34-15-13-33(5)14-16-34)31-25(20)29-23-7-6-8-24(17-23)37(35,36)32-27(2,3)4/h6-12,17-18,26,29-32H,13-16,19H2,1-5H3. The number of aliphatic imine (C=N–C) groups is 1. The van der Waals surface area contributed by atoms with Crippen LogP contribution in [0, 0.1) is 0 Å². The molecule has 0 saturated carbocycles. The molecule has 2 heterocycles. The van der Waals surface area contributed by atoms with Gasteiger partial charge < -0.3 is 20.9 Å². The van der Waals surface area contributed by atoms with Gasteiger partial charge in [-0.3, -0.25) is 4.90 Å². The second kappa shape index (κ2) is 11.2. The molecular weight excluding hydrogens is 486 g/mol. The summed E-state index contributed by atoms with van der Waals surface area (Å²) < 4.78 is 28.2. The highest BCUT2D eigenvalue weighted by molar-refractivity contribution is 7.89. The minimum Gasteiger partial charge on any atom is -0.347 e. The number of nitrogens with zero attached hydrogens (tertiary/aromatic N) is 3. The maximum atomic E-state index is 12.8. The number of benzene rings is 2. The molecule has 1 atom stereocenters. The summed E-state index contributed by atoms with van der Waals surface area (Å²) >= 11 is 0. The maximum absolute atomic E-state index is 12.8. The second-order valence-corrected chi connectivity index (χ2v) is 12.5. The molecule has 0 amide bonds. The highest BCUT2D eigenvalue weighted by Gasteiger charge is 2.22. The molecule has 0 radical (unpaired) electrons. The van der Waals surface area contributed by atoms with Crippen molar-refractivity contribution in [1.82, 2.24) is 19.8 Å². The van der Waals surface area contributed by atoms with E-state index in [1.807, 2.05) is 33.8 Å². The van der Waals surface area contributed by atoms with Crippen molar-refractivity contribution in [2.45, 2.75) is 51.0 Å². The second-order valence-electron chi connectivity index (χ2n) is 10.8. The number of hydrogen-bond donors (Lipinski definition) is 4. The first-order chi connectivity index (χ1) is 17.5. The van der Waals surface area contributed by atoms with Gasteiger partial charge in [0.25, 0.3) is 0 Å². The fourth-order valence-corrected chi connectivity index (χ4v) is 5.69. The van der Waals surface area contributed by atoms with E-state index in [1.54, 1.807) is 24.4 Å². The lowest BCUT2D eigenvalue weighted by Crippen LogP contribution is -2.43. The zero-order valence-electron chi connectivity index (χ0n) is 22.4. The highest BCUT2D eigenvalue weighted by Crippen LogP contribution is 2.21. The Hall–Kier alpha value is -2.92. The number of rotatable bonds is 8. The zero-order valence-corrected chi connectivity index (χ0v) is 23.2. The number of likely N-dealkylation sites (N-methyl/N-ethyl adjacent to an activating group) is 1. The van der Waals surface area contributed by atoms with Crippen molar-refractivity contribution < 1.29 is 8.42 Å². The van der Waals surface area contributed by atoms with Crippen molar-refractivity contribution >= 4 is 27.6 Å². The maximum Gasteiger partial charge on any atom is 0.241 e. The fraction of sp³-hybridized carbons (Fsp3) is 0.444. The molecule has 1 unspecified atom stereocenters. The molecule has 9 nitrogen and oxygen atoms in total. The lowest BCUT2D eigenvalue weighted by atomic mass is 10.1. The predicted molar refractivity (Wildman–Crippen MR) is 151 cm³/mol. The summed E-state index contributed by atoms with van der Waals surface area (Å²) in [5, 5.41) is 10.1. The van der Waals surface area contributed by atoms with Gasteiger partial charge in [0.15, 0.2) is 6.29 Å². The first-order valence-corrected chi connectivity index (χ1v) is 14.1. The summed E-state index contributed by atoms with van der Waals surface area (Å²) in [6.45, 7) is 12.8. The molecule has 4 N–H and O–H groups in total. The molecule has 0 bridgehead atoms. The van der Waals surface area contributed by atoms with Crippen LogP contribution in [0.2, 0.25) is 0 Å². The van der Waals surface area contributed by atoms with Crippen molar-refractivity contribution in [3.05, 3.63) is 65.5 Å². The summed E-state index contributed by atoms with van der Waals surface area (Å²) in [6.07, 6.45) is 1.45. The van der Waals surface area contributed by atoms with Crippen molar-refractivity contribution in [1.29, 1.82) is 0 Å². The van der Waals surface area contributed by atoms with Gasteiger partial charge in [0.05, 0.1) is 4.90 Å². The van der Waals surface area contributed by atoms with E-state index in [4.69, 9.17) is 0 Å². The molecule has 1 fully saturated rings. The van der Waals surface area contributed by atoms with Crippen molar-refractivity contribution in [3.63, 3.8) is 0 Å². The summed E-state index contributed by atoms with van der Waals surface area (Å²) in [4.78, 5) is 9.61. The Morgan fingerprint density at radius 2 is 1.73 bits per heavy atom. The summed E-state index contributed by atoms with van der Waals surface area (Å²) in [5.74, 6) is 0.762. The number of allylic oxidation sites excluding steroid dienone is 1. The van der Waals surface area contributed by atoms with E-state index in [9.17, 15) is 8.42 Å². The van der Waals surface area contributed by atoms with E-state index < -0.39 is 15.6 Å². The van der Waals surface area contributed by atoms with Crippen LogP contribution in [0.1, 0.15) is 33.3 Å². The lowest BCUT2D eigenvalue weighted by Gasteiger charge is -2.32. The van der Waals surface area contributed by atoms with Crippen LogP contribution < -0.4 is 20.7 Å². The van der Waals surface area contributed by atoms with Gasteiger partial charge in [0, 0.05) is 61.4 Å². The number of piperazine rings is 1. The number of nitrogens with one attached hydrogen (secondary N) is 4. The smallest absolute Gasteiger partial charge is 0.241 e. The van der Waals surface area contributed by atoms with E-state index in [0.29, 0.717) is 5.69 Å². The minimum atomic E-state index is -3.63. The average molecular weight is 526 g/mol. The van der Waals surface area contributed by atoms with Crippen LogP contribution in [-0.4, -0.2) is 69.5 Å². The lowest BCUT2D eigenvalue weighted by molar-refractivity contribution is 0.148. The first kappa shape index (κ1) is 27.1. The normalized spacial score (nSPS) is 19.5. The molecule has 2 aliphatic heterocycles. The van der Waals surface area contributed by atoms with Gasteiger partial charge in [-0.25, -0.2) is 18.1 Å². The third kappa shape index (κ3) is 7.78. The molecular formula is C27H39N7O2S. The van der Waals surface area contributed by atoms with E-state index in [-0.39, 0.29) is 11.2 Å². The van der Waals surface area contributed by atoms with Crippen molar-refractivity contribution in [2.24, 2.45) is 4.99 Å². The van der Waals surface area contributed by atoms with Crippen LogP contribution in [0.4, 0.5) is 11.4 Å². The number of anilines is 2. The average Bonchev–Trinajstić information content (AvgIpc) is 2.83. The molecule has 37 heavy (non-hydrogen) atoms. The van der Waals surface area contributed by atoms with Crippen molar-refractivity contribution in [2.75, 3.05) is 43.9 Å². The number of hydrogen-bond acceptors (Lipinski definition) is 8. The Morgan fingerprint density at radius 1 is 1.03 bits per heavy atom. The Kier molecular flexibility index (Phi) is 8.23. The first-order valence-electron chi connectivity index (χ1n) is 12.6. The van der Waals surface area contributed by atoms with Gasteiger partial charge in [-0.05, 0) is 70.6 Å². The summed E-state index contributed by atoms with van der Waals surface area (Å²) in [7, 11) is -1.46. The molecule has 200 valence electrons. The quantitative estimate of drug-likeness (QED) is 0.420. The van der Waals surface area contributed by atoms with Crippen LogP contribution in [0.5, 0.6) is 0 Å². The van der Waals surface area contributed by atoms with E-state index in [2.05, 4.69) is 66.8 Å². The SMILES string of the molecule is CC1=C(Nc2cccc(S(=O)(=O)NC(C)(C)C)c2)NC(Nc2ccc(CN3CCN(C)CC3)cc2)N=C1. The Balaban J connectivity index is 1.36.